The number of carbonyl (C=O) groups is 1. The lowest BCUT2D eigenvalue weighted by molar-refractivity contribution is -0.129. The average molecular weight is 251 g/mol. The maximum absolute atomic E-state index is 11.5. The minimum absolute atomic E-state index is 0. The van der Waals surface area contributed by atoms with Crippen molar-refractivity contribution in [2.45, 2.75) is 12.8 Å². The topological polar surface area (TPSA) is 41.6 Å². The van der Waals surface area contributed by atoms with Crippen LogP contribution in [0.15, 0.2) is 12.7 Å². The standard InChI is InChI=1S/C11H22N2O2.ClH/c1-4-5-6-8-13(2)11(14)10-12-7-9-15-3;/h4,12H,1,5-10H2,2-3H3;1H. The summed E-state index contributed by atoms with van der Waals surface area (Å²) in [6.45, 7) is 6.16. The number of nitrogens with zero attached hydrogens (tertiary/aromatic N) is 1. The Labute approximate surface area is 104 Å². The van der Waals surface area contributed by atoms with Gasteiger partial charge in [0.15, 0.2) is 0 Å². The number of hydrogen-bond acceptors (Lipinski definition) is 3. The number of methoxy groups -OCH3 is 1. The second-order valence-electron chi connectivity index (χ2n) is 3.42. The van der Waals surface area contributed by atoms with Crippen LogP contribution >= 0.6 is 12.4 Å². The molecule has 1 amide bonds. The summed E-state index contributed by atoms with van der Waals surface area (Å²) in [4.78, 5) is 13.2. The monoisotopic (exact) mass is 250 g/mol. The zero-order valence-electron chi connectivity index (χ0n) is 10.2. The van der Waals surface area contributed by atoms with Crippen LogP contribution in [0.3, 0.4) is 0 Å². The van der Waals surface area contributed by atoms with Crippen molar-refractivity contribution >= 4 is 18.3 Å². The fourth-order valence-corrected chi connectivity index (χ4v) is 1.10. The molecule has 0 radical (unpaired) electrons. The number of allylic oxidation sites excluding steroid dienone is 1. The van der Waals surface area contributed by atoms with Crippen LogP contribution in [0, 0.1) is 0 Å². The summed E-state index contributed by atoms with van der Waals surface area (Å²) in [7, 11) is 3.47. The van der Waals surface area contributed by atoms with Gasteiger partial charge in [-0.2, -0.15) is 0 Å². The molecule has 0 bridgehead atoms. The maximum atomic E-state index is 11.5. The largest absolute Gasteiger partial charge is 0.383 e. The fourth-order valence-electron chi connectivity index (χ4n) is 1.10. The van der Waals surface area contributed by atoms with Crippen molar-refractivity contribution in [2.75, 3.05) is 40.4 Å². The summed E-state index contributed by atoms with van der Waals surface area (Å²) in [5, 5.41) is 3.02. The first kappa shape index (κ1) is 17.8. The van der Waals surface area contributed by atoms with Gasteiger partial charge in [-0.25, -0.2) is 0 Å². The maximum Gasteiger partial charge on any atom is 0.236 e. The summed E-state index contributed by atoms with van der Waals surface area (Å²) in [5.74, 6) is 0.121. The quantitative estimate of drug-likeness (QED) is 0.492. The number of ether oxygens (including phenoxy) is 1. The third kappa shape index (κ3) is 9.96. The van der Waals surface area contributed by atoms with E-state index in [9.17, 15) is 4.79 Å². The van der Waals surface area contributed by atoms with Gasteiger partial charge in [0.1, 0.15) is 0 Å². The molecule has 0 saturated carbocycles. The molecule has 0 fully saturated rings. The minimum atomic E-state index is 0. The summed E-state index contributed by atoms with van der Waals surface area (Å²) in [5.41, 5.74) is 0. The molecular formula is C11H23ClN2O2. The number of rotatable bonds is 9. The Bertz CT molecular complexity index is 189. The van der Waals surface area contributed by atoms with Crippen LogP contribution < -0.4 is 5.32 Å². The smallest absolute Gasteiger partial charge is 0.236 e. The molecule has 0 unspecified atom stereocenters. The number of halogens is 1. The summed E-state index contributed by atoms with van der Waals surface area (Å²) in [6, 6.07) is 0. The van der Waals surface area contributed by atoms with Crippen molar-refractivity contribution in [1.82, 2.24) is 10.2 Å². The molecule has 0 rings (SSSR count). The van der Waals surface area contributed by atoms with Gasteiger partial charge in [-0.1, -0.05) is 6.08 Å². The molecule has 0 heterocycles. The van der Waals surface area contributed by atoms with Crippen LogP contribution in [0.1, 0.15) is 12.8 Å². The van der Waals surface area contributed by atoms with Crippen molar-refractivity contribution in [3.05, 3.63) is 12.7 Å². The van der Waals surface area contributed by atoms with E-state index in [4.69, 9.17) is 4.74 Å². The summed E-state index contributed by atoms with van der Waals surface area (Å²) < 4.78 is 4.87. The summed E-state index contributed by atoms with van der Waals surface area (Å²) >= 11 is 0. The van der Waals surface area contributed by atoms with Crippen LogP contribution in [0.4, 0.5) is 0 Å². The number of hydrogen-bond donors (Lipinski definition) is 1. The van der Waals surface area contributed by atoms with E-state index in [1.807, 2.05) is 13.1 Å². The highest BCUT2D eigenvalue weighted by atomic mass is 35.5. The molecule has 0 saturated heterocycles. The van der Waals surface area contributed by atoms with Crippen molar-refractivity contribution in [3.8, 4) is 0 Å². The second kappa shape index (κ2) is 12.5. The highest BCUT2D eigenvalue weighted by molar-refractivity contribution is 5.85. The number of likely N-dealkylation sites (N-methyl/N-ethyl adjacent to an activating group) is 1. The molecule has 0 aromatic heterocycles. The normalized spacial score (nSPS) is 9.38. The van der Waals surface area contributed by atoms with Gasteiger partial charge in [-0.05, 0) is 12.8 Å². The Balaban J connectivity index is 0. The van der Waals surface area contributed by atoms with Gasteiger partial charge >= 0.3 is 0 Å². The zero-order valence-corrected chi connectivity index (χ0v) is 11.0. The predicted molar refractivity (Wildman–Crippen MR) is 69.1 cm³/mol. The highest BCUT2D eigenvalue weighted by Gasteiger charge is 2.06. The van der Waals surface area contributed by atoms with Gasteiger partial charge in [0.2, 0.25) is 5.91 Å². The van der Waals surface area contributed by atoms with Crippen LogP contribution in [0.2, 0.25) is 0 Å². The van der Waals surface area contributed by atoms with Gasteiger partial charge in [0.25, 0.3) is 0 Å². The van der Waals surface area contributed by atoms with Crippen LogP contribution in [-0.2, 0) is 9.53 Å². The Kier molecular flexibility index (Phi) is 13.9. The minimum Gasteiger partial charge on any atom is -0.383 e. The predicted octanol–water partition coefficient (Wildman–Crippen LogP) is 1.07. The van der Waals surface area contributed by atoms with E-state index < -0.39 is 0 Å². The molecular weight excluding hydrogens is 228 g/mol. The van der Waals surface area contributed by atoms with E-state index in [-0.39, 0.29) is 18.3 Å². The number of nitrogens with one attached hydrogen (secondary N) is 1. The first-order valence-electron chi connectivity index (χ1n) is 5.27. The van der Waals surface area contributed by atoms with E-state index in [0.717, 1.165) is 19.4 Å². The molecule has 96 valence electrons. The molecule has 0 spiro atoms. The second-order valence-corrected chi connectivity index (χ2v) is 3.42. The first-order chi connectivity index (χ1) is 7.22. The number of unbranched alkanes of at least 4 members (excludes halogenated alkanes) is 1. The fraction of sp³-hybridized carbons (Fsp3) is 0.727. The van der Waals surface area contributed by atoms with Gasteiger partial charge in [0.05, 0.1) is 13.2 Å². The van der Waals surface area contributed by atoms with Gasteiger partial charge in [0, 0.05) is 27.2 Å². The van der Waals surface area contributed by atoms with Crippen molar-refractivity contribution < 1.29 is 9.53 Å². The molecule has 1 N–H and O–H groups in total. The molecule has 0 aliphatic rings. The highest BCUT2D eigenvalue weighted by Crippen LogP contribution is 1.93. The third-order valence-corrected chi connectivity index (χ3v) is 2.09. The van der Waals surface area contributed by atoms with E-state index >= 15 is 0 Å². The molecule has 0 atom stereocenters. The van der Waals surface area contributed by atoms with Crippen LogP contribution in [-0.4, -0.2) is 51.2 Å². The first-order valence-corrected chi connectivity index (χ1v) is 5.27. The van der Waals surface area contributed by atoms with E-state index in [2.05, 4.69) is 11.9 Å². The van der Waals surface area contributed by atoms with Gasteiger partial charge in [-0.15, -0.1) is 19.0 Å². The van der Waals surface area contributed by atoms with Gasteiger partial charge in [-0.3, -0.25) is 4.79 Å². The Morgan fingerprint density at radius 2 is 2.25 bits per heavy atom. The van der Waals surface area contributed by atoms with Gasteiger partial charge < -0.3 is 15.0 Å². The Morgan fingerprint density at radius 3 is 2.81 bits per heavy atom. The Morgan fingerprint density at radius 1 is 1.56 bits per heavy atom. The lowest BCUT2D eigenvalue weighted by Crippen LogP contribution is -2.37. The molecule has 16 heavy (non-hydrogen) atoms. The molecule has 5 heteroatoms. The molecule has 4 nitrogen and oxygen atoms in total. The lowest BCUT2D eigenvalue weighted by Gasteiger charge is -2.16. The van der Waals surface area contributed by atoms with Crippen molar-refractivity contribution in [3.63, 3.8) is 0 Å². The van der Waals surface area contributed by atoms with E-state index in [1.165, 1.54) is 0 Å². The lowest BCUT2D eigenvalue weighted by atomic mass is 10.3. The number of carbonyl (C=O) groups excluding carboxylic acids is 1. The van der Waals surface area contributed by atoms with Crippen molar-refractivity contribution in [2.24, 2.45) is 0 Å². The van der Waals surface area contributed by atoms with Crippen LogP contribution in [0.25, 0.3) is 0 Å². The average Bonchev–Trinajstić information content (AvgIpc) is 2.24. The molecule has 0 aromatic carbocycles. The van der Waals surface area contributed by atoms with Crippen molar-refractivity contribution in [1.29, 1.82) is 0 Å². The van der Waals surface area contributed by atoms with Crippen LogP contribution in [0.5, 0.6) is 0 Å². The molecule has 0 aliphatic carbocycles. The zero-order chi connectivity index (χ0) is 11.5. The summed E-state index contributed by atoms with van der Waals surface area (Å²) in [6.07, 6.45) is 3.80. The molecule has 0 aliphatic heterocycles. The van der Waals surface area contributed by atoms with E-state index in [1.54, 1.807) is 12.0 Å². The Hall–Kier alpha value is -0.580. The number of amides is 1. The SMILES string of the molecule is C=CCCCN(C)C(=O)CNCCOC.Cl. The third-order valence-electron chi connectivity index (χ3n) is 2.09. The molecule has 0 aromatic rings. The van der Waals surface area contributed by atoms with E-state index in [0.29, 0.717) is 19.7 Å².